The van der Waals surface area contributed by atoms with Gasteiger partial charge in [0.15, 0.2) is 0 Å². The molecule has 0 saturated carbocycles. The molecule has 3 heterocycles. The highest BCUT2D eigenvalue weighted by Crippen LogP contribution is 2.17. The molecule has 1 amide bonds. The maximum absolute atomic E-state index is 12.5. The second-order valence-electron chi connectivity index (χ2n) is 6.78. The Morgan fingerprint density at radius 2 is 2.10 bits per heavy atom. The summed E-state index contributed by atoms with van der Waals surface area (Å²) in [6.07, 6.45) is 5.57. The van der Waals surface area contributed by atoms with E-state index in [0.717, 1.165) is 24.3 Å². The summed E-state index contributed by atoms with van der Waals surface area (Å²) in [5.41, 5.74) is 8.43. The fourth-order valence-corrected chi connectivity index (χ4v) is 2.82. The first-order chi connectivity index (χ1) is 14.7. The molecule has 1 atom stereocenters. The van der Waals surface area contributed by atoms with Gasteiger partial charge in [0.1, 0.15) is 18.1 Å². The smallest absolute Gasteiger partial charge is 0.275 e. The highest BCUT2D eigenvalue weighted by molar-refractivity contribution is 6.02. The van der Waals surface area contributed by atoms with E-state index in [2.05, 4.69) is 25.6 Å². The van der Waals surface area contributed by atoms with E-state index in [1.807, 2.05) is 36.4 Å². The van der Waals surface area contributed by atoms with Gasteiger partial charge in [0.2, 0.25) is 5.88 Å². The minimum absolute atomic E-state index is 0.117. The van der Waals surface area contributed by atoms with E-state index in [9.17, 15) is 4.79 Å². The number of nitrogens with zero attached hydrogens (tertiary/aromatic N) is 3. The number of anilines is 3. The van der Waals surface area contributed by atoms with Crippen molar-refractivity contribution in [3.63, 3.8) is 0 Å². The Labute approximate surface area is 173 Å². The number of carbonyl (C=O) groups is 1. The molecule has 9 heteroatoms. The zero-order chi connectivity index (χ0) is 20.8. The zero-order valence-electron chi connectivity index (χ0n) is 16.2. The number of hydrogen-bond acceptors (Lipinski definition) is 8. The summed E-state index contributed by atoms with van der Waals surface area (Å²) < 4.78 is 10.8. The molecular weight excluding hydrogens is 384 g/mol. The molecule has 4 N–H and O–H groups in total. The highest BCUT2D eigenvalue weighted by Gasteiger charge is 2.19. The monoisotopic (exact) mass is 406 g/mol. The van der Waals surface area contributed by atoms with Crippen molar-refractivity contribution in [3.8, 4) is 5.88 Å². The standard InChI is InChI=1S/C21H22N6O3/c22-20-17(5-2-7-23-20)24-10-14-3-1-4-15(9-14)27-21(28)18-11-26-19(12-25-18)30-13-16-6-8-29-16/h1-5,7,9,11-12,16,24H,6,8,10,13H2,(H2,22,23)(H,27,28). The van der Waals surface area contributed by atoms with Crippen molar-refractivity contribution in [2.24, 2.45) is 0 Å². The molecule has 1 aromatic carbocycles. The number of ether oxygens (including phenoxy) is 2. The van der Waals surface area contributed by atoms with Crippen molar-refractivity contribution in [3.05, 3.63) is 66.2 Å². The zero-order valence-corrected chi connectivity index (χ0v) is 16.2. The minimum Gasteiger partial charge on any atom is -0.474 e. The van der Waals surface area contributed by atoms with Crippen molar-refractivity contribution >= 4 is 23.1 Å². The average Bonchev–Trinajstić information content (AvgIpc) is 2.73. The van der Waals surface area contributed by atoms with Crippen molar-refractivity contribution in [1.29, 1.82) is 0 Å². The summed E-state index contributed by atoms with van der Waals surface area (Å²) in [5.74, 6) is 0.455. The van der Waals surface area contributed by atoms with Gasteiger partial charge < -0.3 is 25.8 Å². The number of amides is 1. The molecule has 3 aromatic rings. The van der Waals surface area contributed by atoms with Crippen molar-refractivity contribution in [1.82, 2.24) is 15.0 Å². The maximum atomic E-state index is 12.5. The first-order valence-electron chi connectivity index (χ1n) is 9.58. The second-order valence-corrected chi connectivity index (χ2v) is 6.78. The summed E-state index contributed by atoms with van der Waals surface area (Å²) in [6, 6.07) is 11.2. The molecule has 1 aliphatic heterocycles. The van der Waals surface area contributed by atoms with Crippen LogP contribution in [-0.4, -0.2) is 40.2 Å². The summed E-state index contributed by atoms with van der Waals surface area (Å²) in [5, 5.41) is 6.06. The molecule has 2 aromatic heterocycles. The van der Waals surface area contributed by atoms with Gasteiger partial charge >= 0.3 is 0 Å². The largest absolute Gasteiger partial charge is 0.474 e. The first-order valence-corrected chi connectivity index (χ1v) is 9.58. The minimum atomic E-state index is -0.349. The van der Waals surface area contributed by atoms with Gasteiger partial charge in [-0.25, -0.2) is 15.0 Å². The molecule has 0 aliphatic carbocycles. The van der Waals surface area contributed by atoms with E-state index in [1.165, 1.54) is 12.4 Å². The molecule has 1 unspecified atom stereocenters. The Kier molecular flexibility index (Phi) is 6.00. The second kappa shape index (κ2) is 9.19. The van der Waals surface area contributed by atoms with Crippen LogP contribution in [0, 0.1) is 0 Å². The van der Waals surface area contributed by atoms with Crippen molar-refractivity contribution in [2.45, 2.75) is 19.1 Å². The summed E-state index contributed by atoms with van der Waals surface area (Å²) >= 11 is 0. The van der Waals surface area contributed by atoms with Gasteiger partial charge in [-0.15, -0.1) is 0 Å². The van der Waals surface area contributed by atoms with E-state index in [1.54, 1.807) is 6.20 Å². The molecule has 9 nitrogen and oxygen atoms in total. The van der Waals surface area contributed by atoms with Gasteiger partial charge in [-0.05, 0) is 29.8 Å². The van der Waals surface area contributed by atoms with Gasteiger partial charge in [-0.2, -0.15) is 0 Å². The third kappa shape index (κ3) is 5.00. The quantitative estimate of drug-likeness (QED) is 0.521. The maximum Gasteiger partial charge on any atom is 0.275 e. The van der Waals surface area contributed by atoms with Gasteiger partial charge in [0, 0.05) is 31.5 Å². The lowest BCUT2D eigenvalue weighted by Crippen LogP contribution is -2.32. The summed E-state index contributed by atoms with van der Waals surface area (Å²) in [7, 11) is 0. The number of nitrogens with two attached hydrogens (primary N) is 1. The number of nitrogens with one attached hydrogen (secondary N) is 2. The van der Waals surface area contributed by atoms with Crippen LogP contribution in [0.4, 0.5) is 17.2 Å². The third-order valence-corrected chi connectivity index (χ3v) is 4.58. The van der Waals surface area contributed by atoms with Crippen LogP contribution in [0.5, 0.6) is 5.88 Å². The van der Waals surface area contributed by atoms with Crippen LogP contribution < -0.4 is 21.1 Å². The molecular formula is C21H22N6O3. The van der Waals surface area contributed by atoms with Crippen molar-refractivity contribution in [2.75, 3.05) is 29.6 Å². The number of nitrogen functional groups attached to an aromatic ring is 1. The lowest BCUT2D eigenvalue weighted by atomic mass is 10.2. The Hall–Kier alpha value is -3.72. The lowest BCUT2D eigenvalue weighted by Gasteiger charge is -2.25. The Morgan fingerprint density at radius 3 is 2.83 bits per heavy atom. The number of carbonyl (C=O) groups excluding carboxylic acids is 1. The van der Waals surface area contributed by atoms with E-state index in [-0.39, 0.29) is 17.7 Å². The fourth-order valence-electron chi connectivity index (χ4n) is 2.82. The van der Waals surface area contributed by atoms with Gasteiger partial charge in [0.05, 0.1) is 24.2 Å². The molecule has 1 fully saturated rings. The molecule has 154 valence electrons. The number of hydrogen-bond donors (Lipinski definition) is 3. The third-order valence-electron chi connectivity index (χ3n) is 4.58. The predicted molar refractivity (Wildman–Crippen MR) is 112 cm³/mol. The van der Waals surface area contributed by atoms with E-state index in [4.69, 9.17) is 15.2 Å². The number of rotatable bonds is 8. The van der Waals surface area contributed by atoms with Crippen LogP contribution in [0.15, 0.2) is 55.0 Å². The Morgan fingerprint density at radius 1 is 1.20 bits per heavy atom. The van der Waals surface area contributed by atoms with Gasteiger partial charge in [0.25, 0.3) is 5.91 Å². The first kappa shape index (κ1) is 19.6. The van der Waals surface area contributed by atoms with Crippen molar-refractivity contribution < 1.29 is 14.3 Å². The van der Waals surface area contributed by atoms with Crippen LogP contribution in [0.2, 0.25) is 0 Å². The van der Waals surface area contributed by atoms with Crippen LogP contribution in [0.25, 0.3) is 0 Å². The van der Waals surface area contributed by atoms with Crippen LogP contribution in [-0.2, 0) is 11.3 Å². The van der Waals surface area contributed by atoms with E-state index >= 15 is 0 Å². The Bertz CT molecular complexity index is 1010. The Balaban J connectivity index is 1.32. The van der Waals surface area contributed by atoms with Crippen LogP contribution >= 0.6 is 0 Å². The topological polar surface area (TPSA) is 124 Å². The molecule has 30 heavy (non-hydrogen) atoms. The highest BCUT2D eigenvalue weighted by atomic mass is 16.5. The van der Waals surface area contributed by atoms with Crippen LogP contribution in [0.3, 0.4) is 0 Å². The molecule has 1 saturated heterocycles. The molecule has 1 aliphatic rings. The summed E-state index contributed by atoms with van der Waals surface area (Å²) in [4.78, 5) is 24.8. The predicted octanol–water partition coefficient (Wildman–Crippen LogP) is 2.49. The van der Waals surface area contributed by atoms with Crippen LogP contribution in [0.1, 0.15) is 22.5 Å². The molecule has 0 spiro atoms. The lowest BCUT2D eigenvalue weighted by molar-refractivity contribution is -0.0727. The molecule has 4 rings (SSSR count). The molecule has 0 bridgehead atoms. The number of benzene rings is 1. The summed E-state index contributed by atoms with van der Waals surface area (Å²) in [6.45, 7) is 1.75. The average molecular weight is 406 g/mol. The van der Waals surface area contributed by atoms with Gasteiger partial charge in [-0.1, -0.05) is 12.1 Å². The molecule has 0 radical (unpaired) electrons. The normalized spacial score (nSPS) is 15.1. The van der Waals surface area contributed by atoms with Gasteiger partial charge in [-0.3, -0.25) is 4.79 Å². The van der Waals surface area contributed by atoms with E-state index < -0.39 is 0 Å². The number of aromatic nitrogens is 3. The SMILES string of the molecule is Nc1ncccc1NCc1cccc(NC(=O)c2cnc(OCC3CCO3)cn2)c1. The fraction of sp³-hybridized carbons (Fsp3) is 0.238. The number of pyridine rings is 1. The van der Waals surface area contributed by atoms with E-state index in [0.29, 0.717) is 30.5 Å².